The number of aryl methyl sites for hydroxylation is 2. The SMILES string of the molecule is CC.Cc1noc(-c2ccc(C)c(N)c2)n1. The van der Waals surface area contributed by atoms with Crippen LogP contribution < -0.4 is 5.73 Å². The Kier molecular flexibility index (Phi) is 4.05. The largest absolute Gasteiger partial charge is 0.398 e. The molecule has 1 aromatic heterocycles. The third-order valence-electron chi connectivity index (χ3n) is 2.05. The number of nitrogen functional groups attached to an aromatic ring is 1. The lowest BCUT2D eigenvalue weighted by atomic mass is 10.1. The molecule has 0 atom stereocenters. The standard InChI is InChI=1S/C10H11N3O.C2H6/c1-6-3-4-8(5-9(6)11)10-12-7(2)13-14-10;1-2/h3-5H,11H2,1-2H3;1-2H3. The first kappa shape index (κ1) is 12.2. The fraction of sp³-hybridized carbons (Fsp3) is 0.333. The number of nitrogens with two attached hydrogens (primary N) is 1. The van der Waals surface area contributed by atoms with Crippen LogP contribution in [0.3, 0.4) is 0 Å². The van der Waals surface area contributed by atoms with Gasteiger partial charge in [-0.25, -0.2) is 0 Å². The molecule has 16 heavy (non-hydrogen) atoms. The molecule has 0 aliphatic rings. The van der Waals surface area contributed by atoms with Gasteiger partial charge in [-0.3, -0.25) is 0 Å². The van der Waals surface area contributed by atoms with Gasteiger partial charge in [-0.15, -0.1) is 0 Å². The molecule has 0 bridgehead atoms. The quantitative estimate of drug-likeness (QED) is 0.749. The smallest absolute Gasteiger partial charge is 0.257 e. The van der Waals surface area contributed by atoms with E-state index in [0.717, 1.165) is 16.8 Å². The van der Waals surface area contributed by atoms with E-state index in [1.165, 1.54) is 0 Å². The summed E-state index contributed by atoms with van der Waals surface area (Å²) in [6.07, 6.45) is 0. The highest BCUT2D eigenvalue weighted by molar-refractivity contribution is 5.62. The van der Waals surface area contributed by atoms with Gasteiger partial charge >= 0.3 is 0 Å². The van der Waals surface area contributed by atoms with Crippen LogP contribution in [0.2, 0.25) is 0 Å². The topological polar surface area (TPSA) is 64.9 Å². The molecule has 0 saturated heterocycles. The predicted molar refractivity (Wildman–Crippen MR) is 65.0 cm³/mol. The van der Waals surface area contributed by atoms with Crippen molar-refractivity contribution in [2.75, 3.05) is 5.73 Å². The van der Waals surface area contributed by atoms with Crippen LogP contribution in [0, 0.1) is 13.8 Å². The highest BCUT2D eigenvalue weighted by Gasteiger charge is 2.06. The number of hydrogen-bond acceptors (Lipinski definition) is 4. The number of hydrogen-bond donors (Lipinski definition) is 1. The summed E-state index contributed by atoms with van der Waals surface area (Å²) in [6.45, 7) is 7.74. The lowest BCUT2D eigenvalue weighted by Gasteiger charge is -2.00. The summed E-state index contributed by atoms with van der Waals surface area (Å²) in [7, 11) is 0. The molecule has 1 heterocycles. The molecular weight excluding hydrogens is 202 g/mol. The fourth-order valence-corrected chi connectivity index (χ4v) is 1.19. The molecule has 0 amide bonds. The zero-order chi connectivity index (χ0) is 12.1. The number of anilines is 1. The van der Waals surface area contributed by atoms with Crippen molar-refractivity contribution in [3.63, 3.8) is 0 Å². The Morgan fingerprint density at radius 2 is 1.88 bits per heavy atom. The molecule has 2 rings (SSSR count). The van der Waals surface area contributed by atoms with Gasteiger partial charge < -0.3 is 10.3 Å². The Labute approximate surface area is 95.5 Å². The minimum absolute atomic E-state index is 0.509. The number of benzene rings is 1. The molecule has 0 saturated carbocycles. The van der Waals surface area contributed by atoms with Crippen LogP contribution in [0.15, 0.2) is 22.7 Å². The number of rotatable bonds is 1. The minimum atomic E-state index is 0.509. The average Bonchev–Trinajstić information content (AvgIpc) is 2.72. The predicted octanol–water partition coefficient (Wildman–Crippen LogP) is 2.96. The van der Waals surface area contributed by atoms with Gasteiger partial charge in [-0.1, -0.05) is 25.1 Å². The van der Waals surface area contributed by atoms with E-state index in [1.54, 1.807) is 6.92 Å². The Morgan fingerprint density at radius 1 is 1.19 bits per heavy atom. The molecular formula is C12H17N3O. The maximum atomic E-state index is 5.77. The van der Waals surface area contributed by atoms with E-state index < -0.39 is 0 Å². The first-order chi connectivity index (χ1) is 7.66. The van der Waals surface area contributed by atoms with E-state index in [1.807, 2.05) is 39.0 Å². The summed E-state index contributed by atoms with van der Waals surface area (Å²) >= 11 is 0. The number of aromatic nitrogens is 2. The van der Waals surface area contributed by atoms with E-state index in [4.69, 9.17) is 10.3 Å². The van der Waals surface area contributed by atoms with Crippen LogP contribution in [0.25, 0.3) is 11.5 Å². The van der Waals surface area contributed by atoms with Crippen LogP contribution in [0.4, 0.5) is 5.69 Å². The molecule has 0 spiro atoms. The van der Waals surface area contributed by atoms with Crippen molar-refractivity contribution in [1.82, 2.24) is 10.1 Å². The maximum absolute atomic E-state index is 5.77. The van der Waals surface area contributed by atoms with Crippen LogP contribution in [0.1, 0.15) is 25.2 Å². The Hall–Kier alpha value is -1.84. The summed E-state index contributed by atoms with van der Waals surface area (Å²) in [5.74, 6) is 1.13. The van der Waals surface area contributed by atoms with Crippen molar-refractivity contribution >= 4 is 5.69 Å². The lowest BCUT2D eigenvalue weighted by molar-refractivity contribution is 0.425. The average molecular weight is 219 g/mol. The summed E-state index contributed by atoms with van der Waals surface area (Å²) in [5.41, 5.74) is 8.41. The zero-order valence-electron chi connectivity index (χ0n) is 10.1. The van der Waals surface area contributed by atoms with Gasteiger partial charge in [0.15, 0.2) is 5.82 Å². The van der Waals surface area contributed by atoms with Crippen molar-refractivity contribution in [3.05, 3.63) is 29.6 Å². The van der Waals surface area contributed by atoms with Crippen molar-refractivity contribution in [3.8, 4) is 11.5 Å². The highest BCUT2D eigenvalue weighted by atomic mass is 16.5. The summed E-state index contributed by atoms with van der Waals surface area (Å²) in [6, 6.07) is 5.69. The highest BCUT2D eigenvalue weighted by Crippen LogP contribution is 2.21. The monoisotopic (exact) mass is 219 g/mol. The van der Waals surface area contributed by atoms with Crippen LogP contribution in [-0.2, 0) is 0 Å². The van der Waals surface area contributed by atoms with Crippen molar-refractivity contribution in [2.24, 2.45) is 0 Å². The minimum Gasteiger partial charge on any atom is -0.398 e. The van der Waals surface area contributed by atoms with Crippen molar-refractivity contribution in [1.29, 1.82) is 0 Å². The molecule has 86 valence electrons. The van der Waals surface area contributed by atoms with Crippen LogP contribution in [-0.4, -0.2) is 10.1 Å². The molecule has 2 aromatic rings. The molecule has 0 aliphatic heterocycles. The molecule has 4 nitrogen and oxygen atoms in total. The third kappa shape index (κ3) is 2.59. The first-order valence-corrected chi connectivity index (χ1v) is 5.33. The van der Waals surface area contributed by atoms with Gasteiger partial charge in [-0.05, 0) is 31.5 Å². The van der Waals surface area contributed by atoms with Gasteiger partial charge in [0.25, 0.3) is 5.89 Å². The molecule has 4 heteroatoms. The maximum Gasteiger partial charge on any atom is 0.257 e. The van der Waals surface area contributed by atoms with E-state index in [-0.39, 0.29) is 0 Å². The Morgan fingerprint density at radius 3 is 2.38 bits per heavy atom. The molecule has 0 aliphatic carbocycles. The molecule has 1 aromatic carbocycles. The van der Waals surface area contributed by atoms with Gasteiger partial charge in [0, 0.05) is 11.3 Å². The summed E-state index contributed by atoms with van der Waals surface area (Å²) in [5, 5.41) is 3.72. The molecule has 0 unspecified atom stereocenters. The second-order valence-corrected chi connectivity index (χ2v) is 3.22. The normalized spacial score (nSPS) is 9.50. The second kappa shape index (κ2) is 5.30. The number of nitrogens with zero attached hydrogens (tertiary/aromatic N) is 2. The molecule has 2 N–H and O–H groups in total. The van der Waals surface area contributed by atoms with Gasteiger partial charge in [0.2, 0.25) is 0 Å². The second-order valence-electron chi connectivity index (χ2n) is 3.22. The third-order valence-corrected chi connectivity index (χ3v) is 2.05. The molecule has 0 fully saturated rings. The van der Waals surface area contributed by atoms with Crippen molar-refractivity contribution < 1.29 is 4.52 Å². The van der Waals surface area contributed by atoms with E-state index in [0.29, 0.717) is 11.7 Å². The fourth-order valence-electron chi connectivity index (χ4n) is 1.19. The lowest BCUT2D eigenvalue weighted by Crippen LogP contribution is -1.89. The summed E-state index contributed by atoms with van der Waals surface area (Å²) < 4.78 is 5.03. The van der Waals surface area contributed by atoms with Gasteiger partial charge in [0.1, 0.15) is 0 Å². The molecule has 0 radical (unpaired) electrons. The van der Waals surface area contributed by atoms with E-state index in [9.17, 15) is 0 Å². The van der Waals surface area contributed by atoms with E-state index in [2.05, 4.69) is 10.1 Å². The van der Waals surface area contributed by atoms with Gasteiger partial charge in [0.05, 0.1) is 0 Å². The Balaban J connectivity index is 0.000000606. The van der Waals surface area contributed by atoms with E-state index >= 15 is 0 Å². The van der Waals surface area contributed by atoms with Crippen LogP contribution in [0.5, 0.6) is 0 Å². The van der Waals surface area contributed by atoms with Gasteiger partial charge in [-0.2, -0.15) is 4.98 Å². The van der Waals surface area contributed by atoms with Crippen molar-refractivity contribution in [2.45, 2.75) is 27.7 Å². The Bertz CT molecular complexity index is 463. The van der Waals surface area contributed by atoms with Crippen LogP contribution >= 0.6 is 0 Å². The zero-order valence-corrected chi connectivity index (χ0v) is 10.1. The summed E-state index contributed by atoms with van der Waals surface area (Å²) in [4.78, 5) is 4.12. The first-order valence-electron chi connectivity index (χ1n) is 5.33.